The highest BCUT2D eigenvalue weighted by molar-refractivity contribution is 5.79. The summed E-state index contributed by atoms with van der Waals surface area (Å²) >= 11 is 0. The number of rotatable bonds is 6. The van der Waals surface area contributed by atoms with Crippen LogP contribution in [0.1, 0.15) is 13.3 Å². The normalized spacial score (nSPS) is 18.6. The zero-order valence-corrected chi connectivity index (χ0v) is 14.1. The third-order valence-corrected chi connectivity index (χ3v) is 4.11. The molecule has 0 saturated carbocycles. The molecule has 24 heavy (non-hydrogen) atoms. The van der Waals surface area contributed by atoms with Crippen molar-refractivity contribution < 1.29 is 18.7 Å². The summed E-state index contributed by atoms with van der Waals surface area (Å²) in [5, 5.41) is 2.80. The Hall–Kier alpha value is -2.15. The van der Waals surface area contributed by atoms with Crippen LogP contribution in [0.5, 0.6) is 5.75 Å². The third kappa shape index (κ3) is 5.19. The summed E-state index contributed by atoms with van der Waals surface area (Å²) in [7, 11) is 1.69. The number of benzene rings is 1. The number of nitrogens with one attached hydrogen (secondary N) is 1. The summed E-state index contributed by atoms with van der Waals surface area (Å²) < 4.78 is 18.8. The Labute approximate surface area is 141 Å². The van der Waals surface area contributed by atoms with Crippen LogP contribution in [0.3, 0.4) is 0 Å². The lowest BCUT2D eigenvalue weighted by atomic mass is 10.2. The van der Waals surface area contributed by atoms with E-state index in [2.05, 4.69) is 5.32 Å². The first kappa shape index (κ1) is 18.2. The van der Waals surface area contributed by atoms with Crippen LogP contribution in [-0.2, 0) is 9.59 Å². The molecular weight excluding hydrogens is 313 g/mol. The van der Waals surface area contributed by atoms with E-state index in [0.29, 0.717) is 26.1 Å². The van der Waals surface area contributed by atoms with Crippen molar-refractivity contribution in [1.82, 2.24) is 15.1 Å². The molecule has 1 N–H and O–H groups in total. The van der Waals surface area contributed by atoms with E-state index in [9.17, 15) is 14.0 Å². The molecule has 2 amide bonds. The van der Waals surface area contributed by atoms with Crippen molar-refractivity contribution in [2.75, 3.05) is 39.8 Å². The first-order valence-electron chi connectivity index (χ1n) is 8.09. The van der Waals surface area contributed by atoms with E-state index in [0.717, 1.165) is 0 Å². The molecule has 6 nitrogen and oxygen atoms in total. The Morgan fingerprint density at radius 1 is 1.46 bits per heavy atom. The molecule has 0 bridgehead atoms. The van der Waals surface area contributed by atoms with Crippen LogP contribution in [0.2, 0.25) is 0 Å². The molecule has 0 spiro atoms. The lowest BCUT2D eigenvalue weighted by molar-refractivity contribution is -0.132. The highest BCUT2D eigenvalue weighted by Crippen LogP contribution is 2.15. The van der Waals surface area contributed by atoms with Crippen LogP contribution in [0.4, 0.5) is 4.39 Å². The van der Waals surface area contributed by atoms with E-state index in [1.807, 2.05) is 11.8 Å². The van der Waals surface area contributed by atoms with Gasteiger partial charge in [0.05, 0.1) is 13.1 Å². The van der Waals surface area contributed by atoms with Crippen LogP contribution >= 0.6 is 0 Å². The Balaban J connectivity index is 1.77. The second-order valence-corrected chi connectivity index (χ2v) is 5.97. The van der Waals surface area contributed by atoms with Gasteiger partial charge in [-0.25, -0.2) is 4.39 Å². The van der Waals surface area contributed by atoms with Crippen molar-refractivity contribution >= 4 is 11.8 Å². The summed E-state index contributed by atoms with van der Waals surface area (Å²) in [5.74, 6) is -0.261. The number of hydrogen-bond acceptors (Lipinski definition) is 4. The smallest absolute Gasteiger partial charge is 0.236 e. The van der Waals surface area contributed by atoms with Crippen molar-refractivity contribution in [2.24, 2.45) is 0 Å². The Morgan fingerprint density at radius 2 is 2.21 bits per heavy atom. The maximum Gasteiger partial charge on any atom is 0.236 e. The molecule has 7 heteroatoms. The fourth-order valence-corrected chi connectivity index (χ4v) is 2.54. The number of amides is 2. The minimum atomic E-state index is -0.415. The average molecular weight is 337 g/mol. The monoisotopic (exact) mass is 337 g/mol. The molecule has 1 aliphatic rings. The van der Waals surface area contributed by atoms with Gasteiger partial charge in [0.25, 0.3) is 0 Å². The van der Waals surface area contributed by atoms with Gasteiger partial charge in [-0.15, -0.1) is 0 Å². The van der Waals surface area contributed by atoms with Gasteiger partial charge in [0.15, 0.2) is 11.6 Å². The molecule has 1 heterocycles. The van der Waals surface area contributed by atoms with Crippen LogP contribution < -0.4 is 10.1 Å². The highest BCUT2D eigenvalue weighted by Gasteiger charge is 2.23. The van der Waals surface area contributed by atoms with E-state index in [1.54, 1.807) is 30.1 Å². The van der Waals surface area contributed by atoms with E-state index >= 15 is 0 Å². The third-order valence-electron chi connectivity index (χ3n) is 4.11. The summed E-state index contributed by atoms with van der Waals surface area (Å²) in [4.78, 5) is 27.3. The summed E-state index contributed by atoms with van der Waals surface area (Å²) in [6.45, 7) is 3.99. The Bertz CT molecular complexity index is 582. The van der Waals surface area contributed by atoms with Crippen molar-refractivity contribution in [2.45, 2.75) is 19.4 Å². The SMILES string of the molecule is CC1CC(=O)NCCN1CC(=O)N(C)CCOc1ccccc1F. The second kappa shape index (κ2) is 8.63. The summed E-state index contributed by atoms with van der Waals surface area (Å²) in [6, 6.07) is 6.21. The van der Waals surface area contributed by atoms with Gasteiger partial charge in [-0.1, -0.05) is 12.1 Å². The number of ether oxygens (including phenoxy) is 1. The van der Waals surface area contributed by atoms with Crippen LogP contribution in [0.25, 0.3) is 0 Å². The molecule has 132 valence electrons. The van der Waals surface area contributed by atoms with Gasteiger partial charge in [0, 0.05) is 32.6 Å². The Kier molecular flexibility index (Phi) is 6.54. The summed E-state index contributed by atoms with van der Waals surface area (Å²) in [5.41, 5.74) is 0. The van der Waals surface area contributed by atoms with Crippen molar-refractivity contribution in [3.8, 4) is 5.75 Å². The second-order valence-electron chi connectivity index (χ2n) is 5.97. The van der Waals surface area contributed by atoms with Gasteiger partial charge in [0.1, 0.15) is 6.61 Å². The maximum absolute atomic E-state index is 13.4. The fourth-order valence-electron chi connectivity index (χ4n) is 2.54. The van der Waals surface area contributed by atoms with Crippen LogP contribution in [0, 0.1) is 5.82 Å². The van der Waals surface area contributed by atoms with Gasteiger partial charge in [-0.05, 0) is 19.1 Å². The summed E-state index contributed by atoms with van der Waals surface area (Å²) in [6.07, 6.45) is 0.396. The number of para-hydroxylation sites is 1. The van der Waals surface area contributed by atoms with Crippen molar-refractivity contribution in [3.63, 3.8) is 0 Å². The molecule has 1 aliphatic heterocycles. The van der Waals surface area contributed by atoms with E-state index in [4.69, 9.17) is 4.74 Å². The van der Waals surface area contributed by atoms with Crippen LogP contribution in [-0.4, -0.2) is 67.5 Å². The molecule has 1 atom stereocenters. The first-order chi connectivity index (χ1) is 11.5. The number of halogens is 1. The number of nitrogens with zero attached hydrogens (tertiary/aromatic N) is 2. The molecule has 2 rings (SSSR count). The van der Waals surface area contributed by atoms with Gasteiger partial charge < -0.3 is 15.0 Å². The predicted molar refractivity (Wildman–Crippen MR) is 88.2 cm³/mol. The van der Waals surface area contributed by atoms with Crippen molar-refractivity contribution in [1.29, 1.82) is 0 Å². The van der Waals surface area contributed by atoms with Crippen LogP contribution in [0.15, 0.2) is 24.3 Å². The molecular formula is C17H24FN3O3. The predicted octanol–water partition coefficient (Wildman–Crippen LogP) is 0.873. The fraction of sp³-hybridized carbons (Fsp3) is 0.529. The number of likely N-dealkylation sites (N-methyl/N-ethyl adjacent to an activating group) is 1. The molecule has 1 unspecified atom stereocenters. The Morgan fingerprint density at radius 3 is 2.96 bits per heavy atom. The molecule has 0 radical (unpaired) electrons. The highest BCUT2D eigenvalue weighted by atomic mass is 19.1. The topological polar surface area (TPSA) is 61.9 Å². The number of carbonyl (C=O) groups excluding carboxylic acids is 2. The average Bonchev–Trinajstić information content (AvgIpc) is 2.70. The first-order valence-corrected chi connectivity index (χ1v) is 8.09. The van der Waals surface area contributed by atoms with Gasteiger partial charge in [-0.2, -0.15) is 0 Å². The maximum atomic E-state index is 13.4. The van der Waals surface area contributed by atoms with Gasteiger partial charge in [-0.3, -0.25) is 14.5 Å². The van der Waals surface area contributed by atoms with Gasteiger partial charge >= 0.3 is 0 Å². The number of carbonyl (C=O) groups is 2. The molecule has 1 aromatic rings. The molecule has 1 aromatic carbocycles. The zero-order chi connectivity index (χ0) is 17.5. The number of hydrogen-bond donors (Lipinski definition) is 1. The molecule has 1 saturated heterocycles. The molecule has 1 fully saturated rings. The molecule has 0 aromatic heterocycles. The van der Waals surface area contributed by atoms with Gasteiger partial charge in [0.2, 0.25) is 11.8 Å². The lowest BCUT2D eigenvalue weighted by Gasteiger charge is -2.27. The standard InChI is InChI=1S/C17H24FN3O3/c1-13-11-16(22)19-7-8-21(13)12-17(23)20(2)9-10-24-15-6-4-3-5-14(15)18/h3-6,13H,7-12H2,1-2H3,(H,19,22). The van der Waals surface area contributed by atoms with Crippen molar-refractivity contribution in [3.05, 3.63) is 30.1 Å². The zero-order valence-electron chi connectivity index (χ0n) is 14.1. The van der Waals surface area contributed by atoms with E-state index < -0.39 is 5.82 Å². The van der Waals surface area contributed by atoms with E-state index in [-0.39, 0.29) is 36.8 Å². The lowest BCUT2D eigenvalue weighted by Crippen LogP contribution is -2.44. The largest absolute Gasteiger partial charge is 0.489 e. The minimum absolute atomic E-state index is 0.0177. The molecule has 0 aliphatic carbocycles. The quantitative estimate of drug-likeness (QED) is 0.837. The van der Waals surface area contributed by atoms with E-state index in [1.165, 1.54) is 6.07 Å². The minimum Gasteiger partial charge on any atom is -0.489 e.